The fourth-order valence-corrected chi connectivity index (χ4v) is 0.931. The molecule has 0 rings (SSSR count). The highest BCUT2D eigenvalue weighted by Crippen LogP contribution is 2.00. The molecule has 0 heterocycles. The van der Waals surface area contributed by atoms with Gasteiger partial charge in [0.2, 0.25) is 5.91 Å². The van der Waals surface area contributed by atoms with Gasteiger partial charge in [0.1, 0.15) is 0 Å². The lowest BCUT2D eigenvalue weighted by Gasteiger charge is -2.24. The monoisotopic (exact) mass is 211 g/mol. The summed E-state index contributed by atoms with van der Waals surface area (Å²) >= 11 is 0. The minimum Gasteiger partial charge on any atom is -0.341 e. The molecule has 0 fully saturated rings. The second-order valence-corrected chi connectivity index (χ2v) is 3.70. The molecule has 3 amide bonds. The maximum Gasteiger partial charge on any atom is 0.321 e. The lowest BCUT2D eigenvalue weighted by Crippen LogP contribution is -2.53. The van der Waals surface area contributed by atoms with Crippen molar-refractivity contribution in [1.29, 1.82) is 0 Å². The number of hydrogen-bond donors (Lipinski definition) is 3. The van der Waals surface area contributed by atoms with Crippen LogP contribution in [0.2, 0.25) is 0 Å². The third-order valence-corrected chi connectivity index (χ3v) is 1.80. The van der Waals surface area contributed by atoms with E-state index in [2.05, 4.69) is 21.9 Å². The number of carbonyl (C=O) groups excluding carboxylic acids is 2. The molecule has 0 aliphatic carbocycles. The Labute approximate surface area is 90.0 Å². The Morgan fingerprint density at radius 1 is 1.40 bits per heavy atom. The molecule has 0 radical (unpaired) electrons. The van der Waals surface area contributed by atoms with Gasteiger partial charge in [-0.15, -0.1) is 6.42 Å². The number of carbonyl (C=O) groups is 2. The summed E-state index contributed by atoms with van der Waals surface area (Å²) in [6, 6.07) is -1.07. The zero-order chi connectivity index (χ0) is 12.1. The van der Waals surface area contributed by atoms with E-state index in [-0.39, 0.29) is 0 Å². The van der Waals surface area contributed by atoms with Gasteiger partial charge in [0, 0.05) is 7.05 Å². The van der Waals surface area contributed by atoms with Crippen molar-refractivity contribution in [2.45, 2.75) is 32.4 Å². The summed E-state index contributed by atoms with van der Waals surface area (Å²) in [7, 11) is 1.44. The molecule has 5 nitrogen and oxygen atoms in total. The highest BCUT2D eigenvalue weighted by atomic mass is 16.2. The van der Waals surface area contributed by atoms with E-state index in [9.17, 15) is 9.59 Å². The minimum atomic E-state index is -0.584. The fourth-order valence-electron chi connectivity index (χ4n) is 0.931. The Morgan fingerprint density at radius 3 is 2.33 bits per heavy atom. The fraction of sp³-hybridized carbons (Fsp3) is 0.600. The van der Waals surface area contributed by atoms with Crippen molar-refractivity contribution in [3.63, 3.8) is 0 Å². The quantitative estimate of drug-likeness (QED) is 0.568. The Balaban J connectivity index is 4.24. The van der Waals surface area contributed by atoms with E-state index < -0.39 is 23.5 Å². The predicted molar refractivity (Wildman–Crippen MR) is 58.1 cm³/mol. The summed E-state index contributed by atoms with van der Waals surface area (Å²) in [6.07, 6.45) is 5.26. The number of amides is 3. The first-order valence-electron chi connectivity index (χ1n) is 4.60. The largest absolute Gasteiger partial charge is 0.341 e. The smallest absolute Gasteiger partial charge is 0.321 e. The third-order valence-electron chi connectivity index (χ3n) is 1.80. The molecular formula is C10H17N3O2. The van der Waals surface area contributed by atoms with Crippen LogP contribution in [-0.2, 0) is 4.79 Å². The topological polar surface area (TPSA) is 70.2 Å². The standard InChI is InChI=1S/C10H17N3O2/c1-6-10(3,4)13-7(2)8(14)12-9(15)11-5/h1,7,13H,2-5H3,(H2,11,12,14,15). The van der Waals surface area contributed by atoms with E-state index in [1.165, 1.54) is 7.05 Å². The number of terminal acetylenes is 1. The Bertz CT molecular complexity index is 292. The molecule has 0 aromatic carbocycles. The molecule has 15 heavy (non-hydrogen) atoms. The molecule has 3 N–H and O–H groups in total. The lowest BCUT2D eigenvalue weighted by atomic mass is 10.1. The van der Waals surface area contributed by atoms with Crippen LogP contribution in [-0.4, -0.2) is 30.6 Å². The molecule has 0 saturated carbocycles. The third kappa shape index (κ3) is 5.03. The van der Waals surface area contributed by atoms with Crippen molar-refractivity contribution in [3.8, 4) is 12.3 Å². The lowest BCUT2D eigenvalue weighted by molar-refractivity contribution is -0.121. The molecule has 0 aliphatic rings. The van der Waals surface area contributed by atoms with E-state index in [1.807, 2.05) is 0 Å². The highest BCUT2D eigenvalue weighted by molar-refractivity contribution is 5.96. The Kier molecular flexibility index (Phi) is 4.82. The van der Waals surface area contributed by atoms with Crippen LogP contribution in [0.5, 0.6) is 0 Å². The zero-order valence-corrected chi connectivity index (χ0v) is 9.47. The van der Waals surface area contributed by atoms with Gasteiger partial charge >= 0.3 is 6.03 Å². The van der Waals surface area contributed by atoms with Crippen LogP contribution in [0.25, 0.3) is 0 Å². The Hall–Kier alpha value is -1.54. The first kappa shape index (κ1) is 13.5. The van der Waals surface area contributed by atoms with Gasteiger partial charge in [-0.3, -0.25) is 15.4 Å². The van der Waals surface area contributed by atoms with Crippen LogP contribution in [0.4, 0.5) is 4.79 Å². The van der Waals surface area contributed by atoms with E-state index in [0.717, 1.165) is 0 Å². The van der Waals surface area contributed by atoms with Crippen molar-refractivity contribution < 1.29 is 9.59 Å². The van der Waals surface area contributed by atoms with Gasteiger partial charge in [0.25, 0.3) is 0 Å². The molecule has 84 valence electrons. The van der Waals surface area contributed by atoms with Gasteiger partial charge in [0.05, 0.1) is 11.6 Å². The second-order valence-electron chi connectivity index (χ2n) is 3.70. The summed E-state index contributed by atoms with van der Waals surface area (Å²) in [6.45, 7) is 5.19. The number of rotatable bonds is 3. The minimum absolute atomic E-state index is 0.419. The summed E-state index contributed by atoms with van der Waals surface area (Å²) in [5.41, 5.74) is -0.584. The molecule has 5 heteroatoms. The predicted octanol–water partition coefficient (Wildman–Crippen LogP) is -0.168. The van der Waals surface area contributed by atoms with Crippen LogP contribution >= 0.6 is 0 Å². The first-order valence-corrected chi connectivity index (χ1v) is 4.60. The number of imide groups is 1. The molecule has 0 saturated heterocycles. The van der Waals surface area contributed by atoms with Gasteiger partial charge in [-0.1, -0.05) is 5.92 Å². The molecule has 0 spiro atoms. The SMILES string of the molecule is C#CC(C)(C)NC(C)C(=O)NC(=O)NC. The summed E-state index contributed by atoms with van der Waals surface area (Å²) < 4.78 is 0. The summed E-state index contributed by atoms with van der Waals surface area (Å²) in [5, 5.41) is 7.35. The van der Waals surface area contributed by atoms with Crippen molar-refractivity contribution in [1.82, 2.24) is 16.0 Å². The molecule has 1 unspecified atom stereocenters. The molecule has 1 atom stereocenters. The normalized spacial score (nSPS) is 12.5. The van der Waals surface area contributed by atoms with E-state index in [4.69, 9.17) is 6.42 Å². The second kappa shape index (κ2) is 5.37. The molecule has 0 bridgehead atoms. The van der Waals surface area contributed by atoms with Crippen molar-refractivity contribution >= 4 is 11.9 Å². The average Bonchev–Trinajstić information content (AvgIpc) is 2.16. The number of hydrogen-bond acceptors (Lipinski definition) is 3. The van der Waals surface area contributed by atoms with Crippen LogP contribution in [0, 0.1) is 12.3 Å². The van der Waals surface area contributed by atoms with Gasteiger partial charge in [0.15, 0.2) is 0 Å². The molecular weight excluding hydrogens is 194 g/mol. The number of urea groups is 1. The average molecular weight is 211 g/mol. The molecule has 0 aromatic rings. The van der Waals surface area contributed by atoms with Crippen molar-refractivity contribution in [2.75, 3.05) is 7.05 Å². The summed E-state index contributed by atoms with van der Waals surface area (Å²) in [5.74, 6) is 2.08. The van der Waals surface area contributed by atoms with Crippen molar-refractivity contribution in [2.24, 2.45) is 0 Å². The molecule has 0 aromatic heterocycles. The van der Waals surface area contributed by atoms with Gasteiger partial charge in [-0.05, 0) is 20.8 Å². The number of nitrogens with one attached hydrogen (secondary N) is 3. The zero-order valence-electron chi connectivity index (χ0n) is 9.47. The van der Waals surface area contributed by atoms with Gasteiger partial charge in [-0.25, -0.2) is 4.79 Å². The van der Waals surface area contributed by atoms with E-state index in [1.54, 1.807) is 20.8 Å². The first-order chi connectivity index (χ1) is 6.82. The van der Waals surface area contributed by atoms with Crippen LogP contribution < -0.4 is 16.0 Å². The summed E-state index contributed by atoms with van der Waals surface area (Å²) in [4.78, 5) is 22.3. The van der Waals surface area contributed by atoms with Crippen LogP contribution in [0.3, 0.4) is 0 Å². The Morgan fingerprint density at radius 2 is 1.93 bits per heavy atom. The van der Waals surface area contributed by atoms with Crippen LogP contribution in [0.1, 0.15) is 20.8 Å². The van der Waals surface area contributed by atoms with Gasteiger partial charge < -0.3 is 5.32 Å². The van der Waals surface area contributed by atoms with E-state index >= 15 is 0 Å². The maximum atomic E-state index is 11.4. The van der Waals surface area contributed by atoms with Gasteiger partial charge in [-0.2, -0.15) is 0 Å². The van der Waals surface area contributed by atoms with Crippen molar-refractivity contribution in [3.05, 3.63) is 0 Å². The maximum absolute atomic E-state index is 11.4. The molecule has 0 aliphatic heterocycles. The van der Waals surface area contributed by atoms with E-state index in [0.29, 0.717) is 0 Å². The highest BCUT2D eigenvalue weighted by Gasteiger charge is 2.22. The van der Waals surface area contributed by atoms with Crippen LogP contribution in [0.15, 0.2) is 0 Å².